The first-order chi connectivity index (χ1) is 15.3. The summed E-state index contributed by atoms with van der Waals surface area (Å²) in [5.41, 5.74) is 0.590. The molecule has 3 N–H and O–H groups in total. The lowest BCUT2D eigenvalue weighted by atomic mass is 10.0. The maximum absolute atomic E-state index is 13.7. The minimum atomic E-state index is -4.50. The highest BCUT2D eigenvalue weighted by Crippen LogP contribution is 2.38. The van der Waals surface area contributed by atoms with E-state index in [2.05, 4.69) is 10.2 Å². The first kappa shape index (κ1) is 25.3. The molecule has 1 aromatic heterocycles. The quantitative estimate of drug-likeness (QED) is 0.536. The van der Waals surface area contributed by atoms with Crippen molar-refractivity contribution in [2.45, 2.75) is 31.7 Å². The van der Waals surface area contributed by atoms with Crippen LogP contribution in [0.5, 0.6) is 5.75 Å². The Hall–Kier alpha value is -2.33. The molecule has 3 aromatic rings. The summed E-state index contributed by atoms with van der Waals surface area (Å²) >= 11 is 6.18. The second kappa shape index (κ2) is 10.3. The normalized spacial score (nSPS) is 14.9. The van der Waals surface area contributed by atoms with Crippen LogP contribution in [0.4, 0.5) is 24.7 Å². The molecule has 0 aliphatic carbocycles. The van der Waals surface area contributed by atoms with Crippen molar-refractivity contribution in [3.8, 4) is 5.75 Å². The maximum Gasteiger partial charge on any atom is 0.416 e. The van der Waals surface area contributed by atoms with Crippen molar-refractivity contribution in [1.82, 2.24) is 10.2 Å². The van der Waals surface area contributed by atoms with Gasteiger partial charge in [-0.3, -0.25) is 5.32 Å². The second-order valence-electron chi connectivity index (χ2n) is 7.78. The van der Waals surface area contributed by atoms with E-state index < -0.39 is 17.8 Å². The number of fused-ring (bicyclic) bond motifs is 1. The molecule has 0 unspecified atom stereocenters. The number of benzene rings is 2. The smallest absolute Gasteiger partial charge is 0.416 e. The number of nitrogens with zero attached hydrogens (tertiary/aromatic N) is 3. The van der Waals surface area contributed by atoms with Crippen molar-refractivity contribution in [1.29, 1.82) is 0 Å². The summed E-state index contributed by atoms with van der Waals surface area (Å²) in [6, 6.07) is 7.62. The van der Waals surface area contributed by atoms with Crippen molar-refractivity contribution in [2.75, 3.05) is 25.1 Å². The molecule has 1 aliphatic heterocycles. The van der Waals surface area contributed by atoms with Crippen LogP contribution in [0.15, 0.2) is 36.5 Å². The molecule has 11 heteroatoms. The van der Waals surface area contributed by atoms with Crippen LogP contribution < -0.4 is 27.4 Å². The van der Waals surface area contributed by atoms with Gasteiger partial charge in [-0.25, -0.2) is 0 Å². The van der Waals surface area contributed by atoms with Crippen LogP contribution >= 0.6 is 11.6 Å². The van der Waals surface area contributed by atoms with Crippen LogP contribution in [0.25, 0.3) is 10.8 Å². The van der Waals surface area contributed by atoms with Gasteiger partial charge in [-0.15, -0.1) is 0 Å². The molecule has 4 rings (SSSR count). The fraction of sp³-hybridized carbons (Fsp3) is 0.364. The van der Waals surface area contributed by atoms with E-state index in [1.807, 2.05) is 11.0 Å². The topological polar surface area (TPSA) is 75.1 Å². The Kier molecular flexibility index (Phi) is 7.89. The van der Waals surface area contributed by atoms with Gasteiger partial charge in [0.05, 0.1) is 35.4 Å². The van der Waals surface area contributed by atoms with E-state index in [-0.39, 0.29) is 12.4 Å². The molecular weight excluding hydrogens is 480 g/mol. The SMILES string of the molecule is COc1ccc(C[NH2+]c2nncc3c(N4CCC(O)CC4)cc(C(F)(F)F)cc23)cc1Cl.[Cl-]. The van der Waals surface area contributed by atoms with Gasteiger partial charge in [-0.2, -0.15) is 18.3 Å². The van der Waals surface area contributed by atoms with Gasteiger partial charge in [-0.1, -0.05) is 16.7 Å². The van der Waals surface area contributed by atoms with Crippen molar-refractivity contribution in [3.05, 3.63) is 52.7 Å². The Morgan fingerprint density at radius 2 is 1.91 bits per heavy atom. The number of aromatic nitrogens is 2. The molecule has 0 amide bonds. The monoisotopic (exact) mass is 502 g/mol. The standard InChI is InChI=1S/C22H22ClF3N4O2.ClH/c1-32-20-3-2-13(8-18(20)23)11-27-21-16-9-14(22(24,25)26)10-19(17(16)12-28-29-21)30-6-4-15(31)5-7-30;/h2-3,8-10,12,15,31H,4-7,11H2,1H3,(H,27,29);1H. The molecule has 0 saturated carbocycles. The fourth-order valence-corrected chi connectivity index (χ4v) is 4.20. The molecule has 2 aromatic carbocycles. The van der Waals surface area contributed by atoms with Crippen LogP contribution in [0.3, 0.4) is 0 Å². The average Bonchev–Trinajstić information content (AvgIpc) is 2.77. The van der Waals surface area contributed by atoms with Crippen molar-refractivity contribution in [3.63, 3.8) is 0 Å². The van der Waals surface area contributed by atoms with E-state index >= 15 is 0 Å². The largest absolute Gasteiger partial charge is 1.00 e. The summed E-state index contributed by atoms with van der Waals surface area (Å²) in [4.78, 5) is 1.87. The van der Waals surface area contributed by atoms with Crippen molar-refractivity contribution < 1.29 is 40.7 Å². The van der Waals surface area contributed by atoms with E-state index in [0.717, 1.165) is 17.7 Å². The number of aliphatic hydroxyl groups excluding tert-OH is 1. The van der Waals surface area contributed by atoms with E-state index in [0.29, 0.717) is 65.5 Å². The molecule has 1 saturated heterocycles. The average molecular weight is 503 g/mol. The van der Waals surface area contributed by atoms with Crippen molar-refractivity contribution in [2.24, 2.45) is 0 Å². The predicted molar refractivity (Wildman–Crippen MR) is 115 cm³/mol. The predicted octanol–water partition coefficient (Wildman–Crippen LogP) is 0.671. The Labute approximate surface area is 200 Å². The second-order valence-corrected chi connectivity index (χ2v) is 8.19. The number of nitrogens with two attached hydrogens (primary N) is 1. The number of anilines is 1. The van der Waals surface area contributed by atoms with E-state index in [1.165, 1.54) is 13.3 Å². The Morgan fingerprint density at radius 3 is 2.55 bits per heavy atom. The Bertz CT molecular complexity index is 1120. The number of rotatable bonds is 5. The van der Waals surface area contributed by atoms with Gasteiger partial charge in [0.2, 0.25) is 0 Å². The molecule has 0 radical (unpaired) electrons. The summed E-state index contributed by atoms with van der Waals surface area (Å²) in [5, 5.41) is 21.1. The first-order valence-corrected chi connectivity index (χ1v) is 10.6. The third kappa shape index (κ3) is 5.60. The zero-order valence-corrected chi connectivity index (χ0v) is 19.3. The molecule has 6 nitrogen and oxygen atoms in total. The van der Waals surface area contributed by atoms with Gasteiger partial charge in [0.1, 0.15) is 12.3 Å². The number of hydrogen-bond acceptors (Lipinski definition) is 5. The van der Waals surface area contributed by atoms with E-state index in [4.69, 9.17) is 16.3 Å². The van der Waals surface area contributed by atoms with E-state index in [1.54, 1.807) is 17.4 Å². The highest BCUT2D eigenvalue weighted by Gasteiger charge is 2.33. The minimum absolute atomic E-state index is 0. The van der Waals surface area contributed by atoms with Crippen LogP contribution in [0.2, 0.25) is 5.02 Å². The van der Waals surface area contributed by atoms with E-state index in [9.17, 15) is 18.3 Å². The van der Waals surface area contributed by atoms with Gasteiger partial charge in [0.25, 0.3) is 5.82 Å². The van der Waals surface area contributed by atoms with Gasteiger partial charge in [0.15, 0.2) is 0 Å². The summed E-state index contributed by atoms with van der Waals surface area (Å²) in [6.07, 6.45) is -2.41. The third-order valence-electron chi connectivity index (χ3n) is 5.67. The molecule has 0 bridgehead atoms. The van der Waals surface area contributed by atoms with Crippen LogP contribution in [0.1, 0.15) is 24.0 Å². The molecule has 2 heterocycles. The van der Waals surface area contributed by atoms with Gasteiger partial charge < -0.3 is 27.2 Å². The Morgan fingerprint density at radius 1 is 1.18 bits per heavy atom. The van der Waals surface area contributed by atoms with Crippen molar-refractivity contribution >= 4 is 33.9 Å². The lowest BCUT2D eigenvalue weighted by molar-refractivity contribution is -0.591. The third-order valence-corrected chi connectivity index (χ3v) is 5.96. The lowest BCUT2D eigenvalue weighted by Gasteiger charge is -2.32. The molecule has 0 spiro atoms. The fourth-order valence-electron chi connectivity index (χ4n) is 3.92. The Balaban J connectivity index is 0.00000306. The number of quaternary nitrogens is 1. The highest BCUT2D eigenvalue weighted by molar-refractivity contribution is 6.32. The van der Waals surface area contributed by atoms with Crippen LogP contribution in [-0.4, -0.2) is 41.6 Å². The molecule has 1 aliphatic rings. The number of alkyl halides is 3. The lowest BCUT2D eigenvalue weighted by Crippen LogP contribution is -3.00. The zero-order chi connectivity index (χ0) is 22.9. The summed E-state index contributed by atoms with van der Waals surface area (Å²) < 4.78 is 46.2. The number of halogens is 5. The number of piperidine rings is 1. The number of ether oxygens (including phenoxy) is 1. The van der Waals surface area contributed by atoms with Gasteiger partial charge in [-0.05, 0) is 43.2 Å². The summed E-state index contributed by atoms with van der Waals surface area (Å²) in [5.74, 6) is 0.922. The number of methoxy groups -OCH3 is 1. The molecule has 178 valence electrons. The molecule has 0 atom stereocenters. The number of aliphatic hydroxyl groups is 1. The minimum Gasteiger partial charge on any atom is -1.00 e. The summed E-state index contributed by atoms with van der Waals surface area (Å²) in [6.45, 7) is 1.37. The molecule has 1 fully saturated rings. The van der Waals surface area contributed by atoms with Crippen LogP contribution in [-0.2, 0) is 12.7 Å². The van der Waals surface area contributed by atoms with Crippen LogP contribution in [0, 0.1) is 0 Å². The van der Waals surface area contributed by atoms with Gasteiger partial charge in [0, 0.05) is 29.7 Å². The first-order valence-electron chi connectivity index (χ1n) is 10.2. The highest BCUT2D eigenvalue weighted by atomic mass is 35.5. The summed E-state index contributed by atoms with van der Waals surface area (Å²) in [7, 11) is 1.53. The molecule has 33 heavy (non-hydrogen) atoms. The zero-order valence-electron chi connectivity index (χ0n) is 17.7. The molecular formula is C22H23Cl2F3N4O2. The maximum atomic E-state index is 13.7. The number of hydrogen-bond donors (Lipinski definition) is 2. The van der Waals surface area contributed by atoms with Gasteiger partial charge >= 0.3 is 6.18 Å².